The van der Waals surface area contributed by atoms with Crippen LogP contribution in [0.25, 0.3) is 0 Å². The molecule has 7 nitrogen and oxygen atoms in total. The van der Waals surface area contributed by atoms with E-state index in [-0.39, 0.29) is 15.5 Å². The third-order valence-electron chi connectivity index (χ3n) is 4.26. The minimum Gasteiger partial charge on any atom is -0.355 e. The molecule has 1 aliphatic heterocycles. The van der Waals surface area contributed by atoms with Crippen molar-refractivity contribution >= 4 is 33.3 Å². The molecule has 0 spiro atoms. The molecule has 1 fully saturated rings. The molecule has 3 rings (SSSR count). The van der Waals surface area contributed by atoms with Crippen LogP contribution < -0.4 is 10.2 Å². The molecule has 138 valence electrons. The number of hydrogen-bond donors (Lipinski definition) is 1. The maximum absolute atomic E-state index is 12.9. The number of halogens is 1. The van der Waals surface area contributed by atoms with Gasteiger partial charge in [-0.05, 0) is 30.3 Å². The number of aromatic nitrogens is 1. The Morgan fingerprint density at radius 3 is 2.50 bits per heavy atom. The lowest BCUT2D eigenvalue weighted by Gasteiger charge is -2.34. The predicted molar refractivity (Wildman–Crippen MR) is 100 cm³/mol. The molecule has 9 heteroatoms. The smallest absolute Gasteiger partial charge is 0.252 e. The molecule has 2 heterocycles. The van der Waals surface area contributed by atoms with Crippen molar-refractivity contribution in [2.24, 2.45) is 0 Å². The zero-order chi connectivity index (χ0) is 18.7. The van der Waals surface area contributed by atoms with Crippen LogP contribution in [0, 0.1) is 0 Å². The molecule has 0 unspecified atom stereocenters. The van der Waals surface area contributed by atoms with Crippen LogP contribution in [0.1, 0.15) is 10.4 Å². The third kappa shape index (κ3) is 3.67. The summed E-state index contributed by atoms with van der Waals surface area (Å²) in [5.41, 5.74) is 0.141. The van der Waals surface area contributed by atoms with Crippen LogP contribution in [0.3, 0.4) is 0 Å². The second-order valence-electron chi connectivity index (χ2n) is 5.80. The van der Waals surface area contributed by atoms with Crippen molar-refractivity contribution in [3.63, 3.8) is 0 Å². The van der Waals surface area contributed by atoms with Gasteiger partial charge in [0, 0.05) is 39.4 Å². The van der Waals surface area contributed by atoms with Gasteiger partial charge in [0.15, 0.2) is 0 Å². The van der Waals surface area contributed by atoms with Crippen molar-refractivity contribution in [3.8, 4) is 0 Å². The van der Waals surface area contributed by atoms with Gasteiger partial charge in [-0.2, -0.15) is 4.31 Å². The molecule has 1 aliphatic rings. The van der Waals surface area contributed by atoms with E-state index in [1.54, 1.807) is 6.20 Å². The van der Waals surface area contributed by atoms with Crippen LogP contribution in [0.5, 0.6) is 0 Å². The van der Waals surface area contributed by atoms with Gasteiger partial charge in [-0.25, -0.2) is 13.4 Å². The first-order valence-corrected chi connectivity index (χ1v) is 9.93. The first-order chi connectivity index (χ1) is 12.4. The Morgan fingerprint density at radius 1 is 1.15 bits per heavy atom. The molecule has 1 saturated heterocycles. The average Bonchev–Trinajstić information content (AvgIpc) is 2.68. The molecule has 1 N–H and O–H groups in total. The summed E-state index contributed by atoms with van der Waals surface area (Å²) in [6, 6.07) is 9.83. The zero-order valence-corrected chi connectivity index (χ0v) is 15.8. The first-order valence-electron chi connectivity index (χ1n) is 8.11. The van der Waals surface area contributed by atoms with Crippen LogP contribution in [-0.2, 0) is 10.0 Å². The van der Waals surface area contributed by atoms with Gasteiger partial charge in [0.1, 0.15) is 5.82 Å². The standard InChI is InChI=1S/C17H19ClN4O3S/c1-19-17(23)14-12-13(5-6-15(14)18)26(24,25)22-10-8-21(9-11-22)16-4-2-3-7-20-16/h2-7,12H,8-11H2,1H3,(H,19,23). The number of nitrogens with zero attached hydrogens (tertiary/aromatic N) is 3. The summed E-state index contributed by atoms with van der Waals surface area (Å²) in [6.07, 6.45) is 1.71. The van der Waals surface area contributed by atoms with Gasteiger partial charge in [-0.1, -0.05) is 17.7 Å². The minimum atomic E-state index is -3.70. The van der Waals surface area contributed by atoms with E-state index in [4.69, 9.17) is 11.6 Å². The summed E-state index contributed by atoms with van der Waals surface area (Å²) in [5.74, 6) is 0.407. The molecule has 0 atom stereocenters. The molecule has 0 radical (unpaired) electrons. The van der Waals surface area contributed by atoms with Crippen molar-refractivity contribution in [2.45, 2.75) is 4.90 Å². The summed E-state index contributed by atoms with van der Waals surface area (Å²) < 4.78 is 27.3. The normalized spacial score (nSPS) is 15.7. The molecule has 0 saturated carbocycles. The molecular weight excluding hydrogens is 376 g/mol. The van der Waals surface area contributed by atoms with Gasteiger partial charge >= 0.3 is 0 Å². The topological polar surface area (TPSA) is 82.6 Å². The number of carbonyl (C=O) groups is 1. The van der Waals surface area contributed by atoms with Crippen molar-refractivity contribution in [1.82, 2.24) is 14.6 Å². The number of nitrogens with one attached hydrogen (secondary N) is 1. The molecule has 1 aromatic heterocycles. The van der Waals surface area contributed by atoms with Crippen molar-refractivity contribution < 1.29 is 13.2 Å². The lowest BCUT2D eigenvalue weighted by Crippen LogP contribution is -2.48. The first kappa shape index (κ1) is 18.6. The van der Waals surface area contributed by atoms with E-state index < -0.39 is 15.9 Å². The minimum absolute atomic E-state index is 0.0618. The molecule has 2 aromatic rings. The van der Waals surface area contributed by atoms with Crippen molar-refractivity contribution in [2.75, 3.05) is 38.1 Å². The highest BCUT2D eigenvalue weighted by molar-refractivity contribution is 7.89. The molecule has 1 amide bonds. The highest BCUT2D eigenvalue weighted by atomic mass is 35.5. The summed E-state index contributed by atoms with van der Waals surface area (Å²) in [4.78, 5) is 18.3. The molecule has 26 heavy (non-hydrogen) atoms. The van der Waals surface area contributed by atoms with Crippen LogP contribution in [0.4, 0.5) is 5.82 Å². The van der Waals surface area contributed by atoms with E-state index in [1.165, 1.54) is 29.6 Å². The molecule has 0 bridgehead atoms. The van der Waals surface area contributed by atoms with E-state index in [9.17, 15) is 13.2 Å². The number of rotatable bonds is 4. The molecular formula is C17H19ClN4O3S. The quantitative estimate of drug-likeness (QED) is 0.851. The Morgan fingerprint density at radius 2 is 1.88 bits per heavy atom. The Kier molecular flexibility index (Phi) is 5.45. The maximum Gasteiger partial charge on any atom is 0.252 e. The average molecular weight is 395 g/mol. The highest BCUT2D eigenvalue weighted by Crippen LogP contribution is 2.24. The second-order valence-corrected chi connectivity index (χ2v) is 8.14. The van der Waals surface area contributed by atoms with Crippen LogP contribution in [-0.4, -0.2) is 56.8 Å². The number of hydrogen-bond acceptors (Lipinski definition) is 5. The summed E-state index contributed by atoms with van der Waals surface area (Å²) in [7, 11) is -2.23. The van der Waals surface area contributed by atoms with Gasteiger partial charge < -0.3 is 10.2 Å². The number of amides is 1. The number of benzene rings is 1. The Hall–Kier alpha value is -2.16. The number of sulfonamides is 1. The van der Waals surface area contributed by atoms with E-state index >= 15 is 0 Å². The zero-order valence-electron chi connectivity index (χ0n) is 14.2. The summed E-state index contributed by atoms with van der Waals surface area (Å²) in [6.45, 7) is 1.78. The van der Waals surface area contributed by atoms with Crippen LogP contribution in [0.2, 0.25) is 5.02 Å². The van der Waals surface area contributed by atoms with Crippen molar-refractivity contribution in [1.29, 1.82) is 0 Å². The lowest BCUT2D eigenvalue weighted by molar-refractivity contribution is 0.0963. The SMILES string of the molecule is CNC(=O)c1cc(S(=O)(=O)N2CCN(c3ccccn3)CC2)ccc1Cl. The Bertz CT molecular complexity index is 897. The van der Waals surface area contributed by atoms with E-state index in [0.717, 1.165) is 5.82 Å². The fourth-order valence-electron chi connectivity index (χ4n) is 2.82. The van der Waals surface area contributed by atoms with Crippen LogP contribution in [0.15, 0.2) is 47.5 Å². The fourth-order valence-corrected chi connectivity index (χ4v) is 4.47. The van der Waals surface area contributed by atoms with Crippen molar-refractivity contribution in [3.05, 3.63) is 53.2 Å². The van der Waals surface area contributed by atoms with Crippen LogP contribution >= 0.6 is 11.6 Å². The molecule has 1 aromatic carbocycles. The van der Waals surface area contributed by atoms with Gasteiger partial charge in [-0.15, -0.1) is 0 Å². The van der Waals surface area contributed by atoms with E-state index in [1.807, 2.05) is 23.1 Å². The second kappa shape index (κ2) is 7.61. The highest BCUT2D eigenvalue weighted by Gasteiger charge is 2.29. The monoisotopic (exact) mass is 394 g/mol. The van der Waals surface area contributed by atoms with Gasteiger partial charge in [0.2, 0.25) is 10.0 Å². The number of anilines is 1. The van der Waals surface area contributed by atoms with Gasteiger partial charge in [0.05, 0.1) is 15.5 Å². The number of carbonyl (C=O) groups excluding carboxylic acids is 1. The lowest BCUT2D eigenvalue weighted by atomic mass is 10.2. The third-order valence-corrected chi connectivity index (χ3v) is 6.48. The number of pyridine rings is 1. The Labute approximate surface area is 157 Å². The van der Waals surface area contributed by atoms with E-state index in [2.05, 4.69) is 10.3 Å². The predicted octanol–water partition coefficient (Wildman–Crippen LogP) is 1.61. The van der Waals surface area contributed by atoms with Gasteiger partial charge in [0.25, 0.3) is 5.91 Å². The number of piperazine rings is 1. The largest absolute Gasteiger partial charge is 0.355 e. The fraction of sp³-hybridized carbons (Fsp3) is 0.294. The summed E-state index contributed by atoms with van der Waals surface area (Å²) in [5, 5.41) is 2.67. The van der Waals surface area contributed by atoms with E-state index in [0.29, 0.717) is 26.2 Å². The summed E-state index contributed by atoms with van der Waals surface area (Å²) >= 11 is 6.01. The maximum atomic E-state index is 12.9. The Balaban J connectivity index is 1.78. The van der Waals surface area contributed by atoms with Gasteiger partial charge in [-0.3, -0.25) is 4.79 Å². The molecule has 0 aliphatic carbocycles.